The number of nitriles is 1. The highest BCUT2D eigenvalue weighted by molar-refractivity contribution is 5.93. The second kappa shape index (κ2) is 7.12. The van der Waals surface area contributed by atoms with Crippen LogP contribution in [0.4, 0.5) is 0 Å². The fourth-order valence-electron chi connectivity index (χ4n) is 0.717. The van der Waals surface area contributed by atoms with Gasteiger partial charge in [0, 0.05) is 20.3 Å². The van der Waals surface area contributed by atoms with E-state index in [2.05, 4.69) is 11.3 Å². The number of allylic oxidation sites excluding steroid dienone is 1. The van der Waals surface area contributed by atoms with Gasteiger partial charge in [0.05, 0.1) is 0 Å². The maximum absolute atomic E-state index is 11.3. The van der Waals surface area contributed by atoms with E-state index in [1.807, 2.05) is 0 Å². The summed E-state index contributed by atoms with van der Waals surface area (Å²) in [7, 11) is 3.48. The molecule has 0 fully saturated rings. The molecule has 5 nitrogen and oxygen atoms in total. The van der Waals surface area contributed by atoms with Gasteiger partial charge in [-0.15, -0.1) is 0 Å². The molecule has 0 aromatic carbocycles. The summed E-state index contributed by atoms with van der Waals surface area (Å²) in [6.07, 6.45) is 4.13. The number of carbonyl (C=O) groups excluding carboxylic acids is 1. The van der Waals surface area contributed by atoms with E-state index in [4.69, 9.17) is 5.26 Å². The SMILES string of the molecule is C=CCOC(=O)/C(C#N)=C(O)/C=C/N(C)C. The van der Waals surface area contributed by atoms with Crippen molar-refractivity contribution in [2.24, 2.45) is 0 Å². The number of rotatable bonds is 5. The number of aliphatic hydroxyl groups excluding tert-OH is 1. The van der Waals surface area contributed by atoms with Crippen LogP contribution in [0.3, 0.4) is 0 Å². The Bertz CT molecular complexity index is 362. The zero-order valence-corrected chi connectivity index (χ0v) is 9.30. The standard InChI is InChI=1S/C11H14N2O3/c1-4-7-16-11(15)9(8-12)10(14)5-6-13(2)3/h4-6,14H,1,7H2,2-3H3/b6-5+,10-9-. The molecule has 5 heteroatoms. The number of aliphatic hydroxyl groups is 1. The van der Waals surface area contributed by atoms with Crippen molar-refractivity contribution in [3.05, 3.63) is 36.3 Å². The third-order valence-electron chi connectivity index (χ3n) is 1.43. The van der Waals surface area contributed by atoms with Crippen LogP contribution in [-0.2, 0) is 9.53 Å². The first kappa shape index (κ1) is 13.8. The van der Waals surface area contributed by atoms with E-state index in [1.165, 1.54) is 18.4 Å². The highest BCUT2D eigenvalue weighted by Gasteiger charge is 2.14. The Balaban J connectivity index is 4.82. The zero-order valence-electron chi connectivity index (χ0n) is 9.30. The van der Waals surface area contributed by atoms with Gasteiger partial charge in [-0.3, -0.25) is 0 Å². The normalized spacial score (nSPS) is 11.6. The predicted octanol–water partition coefficient (Wildman–Crippen LogP) is 1.13. The van der Waals surface area contributed by atoms with Crippen molar-refractivity contribution < 1.29 is 14.6 Å². The van der Waals surface area contributed by atoms with Crippen LogP contribution in [-0.4, -0.2) is 36.7 Å². The van der Waals surface area contributed by atoms with Gasteiger partial charge < -0.3 is 14.7 Å². The van der Waals surface area contributed by atoms with Crippen molar-refractivity contribution in [3.63, 3.8) is 0 Å². The number of carbonyl (C=O) groups is 1. The highest BCUT2D eigenvalue weighted by Crippen LogP contribution is 2.05. The molecule has 0 saturated heterocycles. The fourth-order valence-corrected chi connectivity index (χ4v) is 0.717. The highest BCUT2D eigenvalue weighted by atomic mass is 16.5. The van der Waals surface area contributed by atoms with Gasteiger partial charge in [0.15, 0.2) is 5.57 Å². The van der Waals surface area contributed by atoms with Crippen molar-refractivity contribution in [2.75, 3.05) is 20.7 Å². The molecule has 0 amide bonds. The molecule has 16 heavy (non-hydrogen) atoms. The van der Waals surface area contributed by atoms with Gasteiger partial charge in [-0.1, -0.05) is 12.7 Å². The fraction of sp³-hybridized carbons (Fsp3) is 0.273. The number of ether oxygens (including phenoxy) is 1. The Labute approximate surface area is 94.5 Å². The van der Waals surface area contributed by atoms with Crippen LogP contribution in [0.15, 0.2) is 36.3 Å². The lowest BCUT2D eigenvalue weighted by molar-refractivity contribution is -0.137. The number of esters is 1. The molecule has 86 valence electrons. The summed E-state index contributed by atoms with van der Waals surface area (Å²) in [6, 6.07) is 1.59. The summed E-state index contributed by atoms with van der Waals surface area (Å²) in [6.45, 7) is 3.36. The van der Waals surface area contributed by atoms with E-state index in [0.29, 0.717) is 0 Å². The quantitative estimate of drug-likeness (QED) is 0.188. The molecule has 0 aliphatic rings. The van der Waals surface area contributed by atoms with Crippen LogP contribution in [0.5, 0.6) is 0 Å². The molecular formula is C11H14N2O3. The van der Waals surface area contributed by atoms with Gasteiger partial charge >= 0.3 is 5.97 Å². The second-order valence-electron chi connectivity index (χ2n) is 3.04. The number of nitrogens with zero attached hydrogens (tertiary/aromatic N) is 2. The van der Waals surface area contributed by atoms with Gasteiger partial charge in [-0.2, -0.15) is 5.26 Å². The summed E-state index contributed by atoms with van der Waals surface area (Å²) in [5.41, 5.74) is -0.431. The minimum absolute atomic E-state index is 0.00527. The minimum Gasteiger partial charge on any atom is -0.506 e. The van der Waals surface area contributed by atoms with Crippen LogP contribution in [0, 0.1) is 11.3 Å². The third kappa shape index (κ3) is 4.86. The topological polar surface area (TPSA) is 73.6 Å². The van der Waals surface area contributed by atoms with Crippen molar-refractivity contribution in [1.29, 1.82) is 5.26 Å². The largest absolute Gasteiger partial charge is 0.506 e. The molecule has 0 aliphatic heterocycles. The average Bonchev–Trinajstić information content (AvgIpc) is 2.24. The molecule has 0 rings (SSSR count). The third-order valence-corrected chi connectivity index (χ3v) is 1.43. The van der Waals surface area contributed by atoms with Gasteiger partial charge in [-0.25, -0.2) is 4.79 Å². The minimum atomic E-state index is -0.872. The molecule has 0 aromatic rings. The molecule has 0 spiro atoms. The Morgan fingerprint density at radius 2 is 2.25 bits per heavy atom. The molecule has 0 heterocycles. The lowest BCUT2D eigenvalue weighted by Crippen LogP contribution is -2.09. The predicted molar refractivity (Wildman–Crippen MR) is 59.3 cm³/mol. The van der Waals surface area contributed by atoms with Gasteiger partial charge in [0.25, 0.3) is 0 Å². The summed E-state index contributed by atoms with van der Waals surface area (Å²) in [4.78, 5) is 12.9. The van der Waals surface area contributed by atoms with Crippen molar-refractivity contribution in [2.45, 2.75) is 0 Å². The van der Waals surface area contributed by atoms with E-state index in [1.54, 1.807) is 25.1 Å². The number of hydrogen-bond acceptors (Lipinski definition) is 5. The Morgan fingerprint density at radius 1 is 1.62 bits per heavy atom. The molecule has 0 unspecified atom stereocenters. The van der Waals surface area contributed by atoms with Crippen LogP contribution < -0.4 is 0 Å². The molecule has 0 aromatic heterocycles. The van der Waals surface area contributed by atoms with Crippen molar-refractivity contribution in [1.82, 2.24) is 4.90 Å². The maximum Gasteiger partial charge on any atom is 0.353 e. The first-order valence-corrected chi connectivity index (χ1v) is 4.49. The van der Waals surface area contributed by atoms with Crippen LogP contribution in [0.25, 0.3) is 0 Å². The molecule has 0 radical (unpaired) electrons. The molecule has 0 saturated carbocycles. The monoisotopic (exact) mass is 222 g/mol. The lowest BCUT2D eigenvalue weighted by Gasteiger charge is -2.04. The first-order valence-electron chi connectivity index (χ1n) is 4.49. The summed E-state index contributed by atoms with van der Waals surface area (Å²) in [5.74, 6) is -1.30. The molecule has 0 atom stereocenters. The average molecular weight is 222 g/mol. The zero-order chi connectivity index (χ0) is 12.6. The Kier molecular flexibility index (Phi) is 6.13. The smallest absolute Gasteiger partial charge is 0.353 e. The van der Waals surface area contributed by atoms with E-state index < -0.39 is 17.3 Å². The van der Waals surface area contributed by atoms with Crippen molar-refractivity contribution >= 4 is 5.97 Å². The second-order valence-corrected chi connectivity index (χ2v) is 3.04. The molecule has 0 bridgehead atoms. The summed E-state index contributed by atoms with van der Waals surface area (Å²) >= 11 is 0. The maximum atomic E-state index is 11.3. The van der Waals surface area contributed by atoms with Crippen LogP contribution in [0.2, 0.25) is 0 Å². The van der Waals surface area contributed by atoms with E-state index in [0.717, 1.165) is 0 Å². The van der Waals surface area contributed by atoms with Crippen molar-refractivity contribution in [3.8, 4) is 6.07 Å². The van der Waals surface area contributed by atoms with Crippen LogP contribution >= 0.6 is 0 Å². The Hall–Kier alpha value is -2.22. The summed E-state index contributed by atoms with van der Waals surface area (Å²) < 4.78 is 4.63. The lowest BCUT2D eigenvalue weighted by atomic mass is 10.2. The van der Waals surface area contributed by atoms with E-state index in [9.17, 15) is 9.90 Å². The summed E-state index contributed by atoms with van der Waals surface area (Å²) in [5, 5.41) is 18.1. The molecule has 0 aliphatic carbocycles. The van der Waals surface area contributed by atoms with Crippen LogP contribution in [0.1, 0.15) is 0 Å². The molecule has 1 N–H and O–H groups in total. The van der Waals surface area contributed by atoms with Gasteiger partial charge in [0.2, 0.25) is 0 Å². The van der Waals surface area contributed by atoms with E-state index >= 15 is 0 Å². The van der Waals surface area contributed by atoms with Gasteiger partial charge in [-0.05, 0) is 6.08 Å². The van der Waals surface area contributed by atoms with Gasteiger partial charge in [0.1, 0.15) is 18.4 Å². The van der Waals surface area contributed by atoms with E-state index in [-0.39, 0.29) is 6.61 Å². The first-order chi connectivity index (χ1) is 7.52. The molecular weight excluding hydrogens is 208 g/mol. The number of hydrogen-bond donors (Lipinski definition) is 1. The Morgan fingerprint density at radius 3 is 2.69 bits per heavy atom.